The van der Waals surface area contributed by atoms with Crippen molar-refractivity contribution < 1.29 is 45.4 Å². The average molecular weight is 489 g/mol. The number of hydrogen-bond donors (Lipinski definition) is 1. The molecule has 1 atom stereocenters. The first-order valence-electron chi connectivity index (χ1n) is 10.1. The van der Waals surface area contributed by atoms with Gasteiger partial charge in [-0.2, -0.15) is 0 Å². The molecule has 0 saturated carbocycles. The number of esters is 1. The predicted molar refractivity (Wildman–Crippen MR) is 105 cm³/mol. The van der Waals surface area contributed by atoms with Crippen molar-refractivity contribution in [2.24, 2.45) is 0 Å². The van der Waals surface area contributed by atoms with Crippen molar-refractivity contribution in [3.63, 3.8) is 0 Å². The van der Waals surface area contributed by atoms with Crippen LogP contribution in [0.5, 0.6) is 0 Å². The molecule has 0 aliphatic carbocycles. The van der Waals surface area contributed by atoms with E-state index in [9.17, 15) is 14.4 Å². The largest absolute Gasteiger partial charge is 1.00 e. The van der Waals surface area contributed by atoms with Gasteiger partial charge in [-0.25, -0.2) is 19.0 Å². The van der Waals surface area contributed by atoms with Crippen molar-refractivity contribution in [3.8, 4) is 0 Å². The summed E-state index contributed by atoms with van der Waals surface area (Å²) in [7, 11) is 1.31. The molecule has 1 N–H and O–H groups in total. The molecule has 0 unspecified atom stereocenters. The molecule has 0 aromatic carbocycles. The second kappa shape index (κ2) is 11.3. The Kier molecular flexibility index (Phi) is 9.80. The van der Waals surface area contributed by atoms with E-state index in [0.29, 0.717) is 6.42 Å². The van der Waals surface area contributed by atoms with Crippen LogP contribution >= 0.6 is 0 Å². The molecule has 1 aliphatic rings. The minimum absolute atomic E-state index is 0. The third-order valence-electron chi connectivity index (χ3n) is 4.63. The number of halogens is 1. The highest BCUT2D eigenvalue weighted by Gasteiger charge is 2.41. The highest BCUT2D eigenvalue weighted by molar-refractivity contribution is 5.87. The Morgan fingerprint density at radius 1 is 1.30 bits per heavy atom. The van der Waals surface area contributed by atoms with Crippen LogP contribution in [0.4, 0.5) is 9.59 Å². The first-order chi connectivity index (χ1) is 13.7. The van der Waals surface area contributed by atoms with Gasteiger partial charge in [0.1, 0.15) is 17.8 Å². The number of rotatable bonds is 8. The maximum atomic E-state index is 13.0. The Morgan fingerprint density at radius 2 is 2.00 bits per heavy atom. The number of fused-ring (bicyclic) bond motifs is 1. The SMILES string of the molecule is CCCCC[n+]1cc2n(c1)C(=O)N(CCNC(=O)OC(C)(C)C)[C@H](C(=O)OC)C2.[Br-]. The predicted octanol–water partition coefficient (Wildman–Crippen LogP) is -1.14. The molecule has 2 heterocycles. The number of carbonyl (C=O) groups is 3. The van der Waals surface area contributed by atoms with Crippen molar-refractivity contribution >= 4 is 18.1 Å². The Labute approximate surface area is 188 Å². The molecule has 9 nitrogen and oxygen atoms in total. The van der Waals surface area contributed by atoms with Crippen molar-refractivity contribution in [1.29, 1.82) is 0 Å². The van der Waals surface area contributed by atoms with Crippen LogP contribution in [0, 0.1) is 0 Å². The molecule has 2 amide bonds. The lowest BCUT2D eigenvalue weighted by atomic mass is 10.1. The molecule has 170 valence electrons. The van der Waals surface area contributed by atoms with Crippen LogP contribution in [0.15, 0.2) is 12.5 Å². The number of hydrogen-bond acceptors (Lipinski definition) is 5. The fraction of sp³-hybridized carbons (Fsp3) is 0.700. The summed E-state index contributed by atoms with van der Waals surface area (Å²) in [5, 5.41) is 2.63. The van der Waals surface area contributed by atoms with Gasteiger partial charge in [-0.05, 0) is 33.6 Å². The zero-order valence-corrected chi connectivity index (χ0v) is 20.0. The van der Waals surface area contributed by atoms with Gasteiger partial charge in [0.25, 0.3) is 6.33 Å². The third-order valence-corrected chi connectivity index (χ3v) is 4.63. The van der Waals surface area contributed by atoms with Gasteiger partial charge in [-0.3, -0.25) is 4.90 Å². The topological polar surface area (TPSA) is 93.8 Å². The van der Waals surface area contributed by atoms with Gasteiger partial charge in [0.05, 0.1) is 13.7 Å². The van der Waals surface area contributed by atoms with E-state index in [0.717, 1.165) is 31.5 Å². The Bertz CT molecular complexity index is 744. The quantitative estimate of drug-likeness (QED) is 0.283. The number of aryl methyl sites for hydroxylation is 1. The summed E-state index contributed by atoms with van der Waals surface area (Å²) in [6, 6.07) is -1.03. The van der Waals surface area contributed by atoms with Crippen molar-refractivity contribution in [2.45, 2.75) is 71.6 Å². The number of carbonyl (C=O) groups excluding carboxylic acids is 3. The summed E-state index contributed by atoms with van der Waals surface area (Å²) < 4.78 is 13.7. The molecule has 30 heavy (non-hydrogen) atoms. The van der Waals surface area contributed by atoms with E-state index >= 15 is 0 Å². The minimum Gasteiger partial charge on any atom is -1.00 e. The van der Waals surface area contributed by atoms with Crippen LogP contribution in [-0.4, -0.2) is 59.4 Å². The fourth-order valence-electron chi connectivity index (χ4n) is 3.27. The number of imidazole rings is 1. The molecule has 10 heteroatoms. The Balaban J connectivity index is 0.00000450. The summed E-state index contributed by atoms with van der Waals surface area (Å²) in [4.78, 5) is 38.6. The van der Waals surface area contributed by atoms with Crippen molar-refractivity contribution in [1.82, 2.24) is 14.8 Å². The summed E-state index contributed by atoms with van der Waals surface area (Å²) in [5.74, 6) is -0.472. The zero-order valence-electron chi connectivity index (χ0n) is 18.4. The number of ether oxygens (including phenoxy) is 2. The maximum Gasteiger partial charge on any atom is 0.416 e. The molecule has 1 aromatic heterocycles. The summed E-state index contributed by atoms with van der Waals surface area (Å²) in [6.07, 6.45) is 6.76. The van der Waals surface area contributed by atoms with Crippen LogP contribution in [0.2, 0.25) is 0 Å². The smallest absolute Gasteiger partial charge is 0.416 e. The first kappa shape index (κ1) is 25.9. The van der Waals surface area contributed by atoms with E-state index in [-0.39, 0.29) is 36.1 Å². The number of alkyl carbamates (subject to hydrolysis) is 1. The van der Waals surface area contributed by atoms with E-state index in [4.69, 9.17) is 9.47 Å². The number of nitrogens with zero attached hydrogens (tertiary/aromatic N) is 3. The van der Waals surface area contributed by atoms with Crippen LogP contribution < -0.4 is 26.9 Å². The molecule has 0 bridgehead atoms. The van der Waals surface area contributed by atoms with Gasteiger partial charge >= 0.3 is 18.1 Å². The van der Waals surface area contributed by atoms with Crippen LogP contribution in [0.1, 0.15) is 52.7 Å². The zero-order chi connectivity index (χ0) is 21.6. The highest BCUT2D eigenvalue weighted by atomic mass is 79.9. The molecule has 0 spiro atoms. The van der Waals surface area contributed by atoms with E-state index in [1.165, 1.54) is 12.0 Å². The normalized spacial score (nSPS) is 15.8. The van der Waals surface area contributed by atoms with Crippen LogP contribution in [0.25, 0.3) is 0 Å². The number of methoxy groups -OCH3 is 1. The first-order valence-corrected chi connectivity index (χ1v) is 10.1. The molecular formula is C20H33BrN4O5. The van der Waals surface area contributed by atoms with Gasteiger partial charge in [0.15, 0.2) is 5.69 Å². The molecule has 1 aromatic rings. The lowest BCUT2D eigenvalue weighted by Crippen LogP contribution is -3.00. The molecule has 0 radical (unpaired) electrons. The van der Waals surface area contributed by atoms with Crippen LogP contribution in [0.3, 0.4) is 0 Å². The van der Waals surface area contributed by atoms with Gasteiger partial charge in [0, 0.05) is 19.5 Å². The number of unbranched alkanes of at least 4 members (excludes halogenated alkanes) is 2. The van der Waals surface area contributed by atoms with E-state index in [2.05, 4.69) is 12.2 Å². The van der Waals surface area contributed by atoms with Gasteiger partial charge in [-0.15, -0.1) is 4.57 Å². The van der Waals surface area contributed by atoms with Crippen LogP contribution in [-0.2, 0) is 27.2 Å². The molecule has 1 aliphatic heterocycles. The minimum atomic E-state index is -0.723. The maximum absolute atomic E-state index is 13.0. The standard InChI is InChI=1S/C20H32N4O5.BrH/c1-6-7-8-10-22-13-15-12-16(17(25)28-5)23(19(27)24(15)14-22)11-9-21-18(26)29-20(2,3)4;/h13-14,16H,6-12H2,1-5H3;1H/t16-;/m0./s1. The van der Waals surface area contributed by atoms with Crippen molar-refractivity contribution in [3.05, 3.63) is 18.2 Å². The van der Waals surface area contributed by atoms with Gasteiger partial charge < -0.3 is 31.8 Å². The van der Waals surface area contributed by atoms with E-state index < -0.39 is 23.7 Å². The number of amides is 2. The molecular weight excluding hydrogens is 456 g/mol. The lowest BCUT2D eigenvalue weighted by molar-refractivity contribution is -0.696. The average Bonchev–Trinajstić information content (AvgIpc) is 3.04. The van der Waals surface area contributed by atoms with Gasteiger partial charge in [0.2, 0.25) is 0 Å². The number of aromatic nitrogens is 2. The third kappa shape index (κ3) is 7.00. The summed E-state index contributed by atoms with van der Waals surface area (Å²) in [6.45, 7) is 8.63. The second-order valence-electron chi connectivity index (χ2n) is 8.20. The fourth-order valence-corrected chi connectivity index (χ4v) is 3.27. The molecule has 2 rings (SSSR count). The van der Waals surface area contributed by atoms with E-state index in [1.807, 2.05) is 10.8 Å². The highest BCUT2D eigenvalue weighted by Crippen LogP contribution is 2.18. The lowest BCUT2D eigenvalue weighted by Gasteiger charge is -2.31. The summed E-state index contributed by atoms with van der Waals surface area (Å²) >= 11 is 0. The second-order valence-corrected chi connectivity index (χ2v) is 8.20. The number of nitrogens with one attached hydrogen (secondary N) is 1. The Hall–Kier alpha value is -2.10. The monoisotopic (exact) mass is 488 g/mol. The molecule has 0 saturated heterocycles. The van der Waals surface area contributed by atoms with E-state index in [1.54, 1.807) is 31.7 Å². The van der Waals surface area contributed by atoms with Gasteiger partial charge in [-0.1, -0.05) is 13.3 Å². The van der Waals surface area contributed by atoms with Crippen molar-refractivity contribution in [2.75, 3.05) is 20.2 Å². The molecule has 0 fully saturated rings. The Morgan fingerprint density at radius 3 is 2.60 bits per heavy atom. The summed E-state index contributed by atoms with van der Waals surface area (Å²) in [5.41, 5.74) is 0.170.